The highest BCUT2D eigenvalue weighted by molar-refractivity contribution is 5.99. The van der Waals surface area contributed by atoms with Crippen molar-refractivity contribution in [2.75, 3.05) is 19.8 Å². The quantitative estimate of drug-likeness (QED) is 0.362. The van der Waals surface area contributed by atoms with Gasteiger partial charge < -0.3 is 14.4 Å². The zero-order valence-corrected chi connectivity index (χ0v) is 19.3. The second kappa shape index (κ2) is 10.7. The van der Waals surface area contributed by atoms with E-state index in [4.69, 9.17) is 9.47 Å². The highest BCUT2D eigenvalue weighted by Gasteiger charge is 2.26. The highest BCUT2D eigenvalue weighted by Crippen LogP contribution is 2.21. The van der Waals surface area contributed by atoms with Crippen LogP contribution in [0.5, 0.6) is 5.75 Å². The Morgan fingerprint density at radius 2 is 2.11 bits per heavy atom. The lowest BCUT2D eigenvalue weighted by atomic mass is 10.1. The molecule has 8 heteroatoms. The van der Waals surface area contributed by atoms with E-state index in [0.29, 0.717) is 48.6 Å². The molecule has 1 fully saturated rings. The predicted octanol–water partition coefficient (Wildman–Crippen LogP) is 4.31. The SMILES string of the molecule is O=C(c1cnn2cccnc12)N(Cc1cccc(OCCc2ccccc2F)c1)CC1CCCO1. The Bertz CT molecular complexity index is 1300. The summed E-state index contributed by atoms with van der Waals surface area (Å²) >= 11 is 0. The van der Waals surface area contributed by atoms with Gasteiger partial charge in [0.25, 0.3) is 5.91 Å². The number of hydrogen-bond acceptors (Lipinski definition) is 5. The van der Waals surface area contributed by atoms with Gasteiger partial charge in [-0.15, -0.1) is 0 Å². The van der Waals surface area contributed by atoms with E-state index in [-0.39, 0.29) is 17.8 Å². The summed E-state index contributed by atoms with van der Waals surface area (Å²) in [6, 6.07) is 16.1. The van der Waals surface area contributed by atoms with E-state index >= 15 is 0 Å². The second-order valence-electron chi connectivity index (χ2n) is 8.60. The second-order valence-corrected chi connectivity index (χ2v) is 8.60. The maximum absolute atomic E-state index is 13.9. The predicted molar refractivity (Wildman–Crippen MR) is 129 cm³/mol. The molecule has 1 atom stereocenters. The molecule has 35 heavy (non-hydrogen) atoms. The third-order valence-electron chi connectivity index (χ3n) is 6.11. The molecule has 1 aliphatic rings. The molecule has 2 aromatic heterocycles. The third kappa shape index (κ3) is 5.49. The number of halogens is 1. The maximum atomic E-state index is 13.9. The molecule has 0 radical (unpaired) electrons. The molecule has 5 rings (SSSR count). The largest absolute Gasteiger partial charge is 0.493 e. The lowest BCUT2D eigenvalue weighted by Crippen LogP contribution is -2.37. The van der Waals surface area contributed by atoms with Crippen molar-refractivity contribution in [3.05, 3.63) is 95.7 Å². The molecule has 180 valence electrons. The molecular weight excluding hydrogens is 447 g/mol. The number of carbonyl (C=O) groups excluding carboxylic acids is 1. The fourth-order valence-electron chi connectivity index (χ4n) is 4.34. The van der Waals surface area contributed by atoms with Gasteiger partial charge in [0.15, 0.2) is 5.65 Å². The van der Waals surface area contributed by atoms with Crippen molar-refractivity contribution >= 4 is 11.6 Å². The minimum atomic E-state index is -0.227. The minimum Gasteiger partial charge on any atom is -0.493 e. The molecule has 7 nitrogen and oxygen atoms in total. The van der Waals surface area contributed by atoms with E-state index in [9.17, 15) is 9.18 Å². The molecule has 3 heterocycles. The van der Waals surface area contributed by atoms with Gasteiger partial charge in [0.2, 0.25) is 0 Å². The van der Waals surface area contributed by atoms with E-state index in [1.54, 1.807) is 46.2 Å². The Kier molecular flexibility index (Phi) is 6.99. The van der Waals surface area contributed by atoms with Gasteiger partial charge in [-0.25, -0.2) is 13.9 Å². The fraction of sp³-hybridized carbons (Fsp3) is 0.296. The number of hydrogen-bond donors (Lipinski definition) is 0. The van der Waals surface area contributed by atoms with Gasteiger partial charge in [0.1, 0.15) is 17.1 Å². The average molecular weight is 475 g/mol. The highest BCUT2D eigenvalue weighted by atomic mass is 19.1. The molecule has 1 aliphatic heterocycles. The van der Waals surface area contributed by atoms with Crippen LogP contribution in [0.2, 0.25) is 0 Å². The van der Waals surface area contributed by atoms with Gasteiger partial charge in [-0.2, -0.15) is 5.10 Å². The zero-order valence-electron chi connectivity index (χ0n) is 19.3. The van der Waals surface area contributed by atoms with E-state index in [2.05, 4.69) is 10.1 Å². The van der Waals surface area contributed by atoms with Crippen molar-refractivity contribution in [2.45, 2.75) is 31.9 Å². The fourth-order valence-corrected chi connectivity index (χ4v) is 4.34. The minimum absolute atomic E-state index is 0.00829. The molecule has 1 saturated heterocycles. The van der Waals surface area contributed by atoms with Crippen LogP contribution in [0.15, 0.2) is 73.2 Å². The summed E-state index contributed by atoms with van der Waals surface area (Å²) in [5, 5.41) is 4.27. The molecule has 0 N–H and O–H groups in total. The van der Waals surface area contributed by atoms with Gasteiger partial charge >= 0.3 is 0 Å². The number of aromatic nitrogens is 3. The molecule has 1 unspecified atom stereocenters. The molecule has 0 bridgehead atoms. The first-order valence-corrected chi connectivity index (χ1v) is 11.8. The summed E-state index contributed by atoms with van der Waals surface area (Å²) in [7, 11) is 0. The summed E-state index contributed by atoms with van der Waals surface area (Å²) < 4.78 is 27.2. The van der Waals surface area contributed by atoms with Gasteiger partial charge in [0, 0.05) is 38.5 Å². The number of amides is 1. The first-order valence-electron chi connectivity index (χ1n) is 11.8. The molecule has 0 saturated carbocycles. The van der Waals surface area contributed by atoms with Crippen molar-refractivity contribution in [3.63, 3.8) is 0 Å². The first-order chi connectivity index (χ1) is 17.2. The van der Waals surface area contributed by atoms with Gasteiger partial charge in [-0.05, 0) is 48.2 Å². The number of carbonyl (C=O) groups is 1. The van der Waals surface area contributed by atoms with Crippen LogP contribution >= 0.6 is 0 Å². The molecule has 2 aromatic carbocycles. The molecule has 0 aliphatic carbocycles. The Morgan fingerprint density at radius 3 is 2.97 bits per heavy atom. The van der Waals surface area contributed by atoms with E-state index in [1.807, 2.05) is 30.3 Å². The number of benzene rings is 2. The van der Waals surface area contributed by atoms with Crippen molar-refractivity contribution in [3.8, 4) is 5.75 Å². The van der Waals surface area contributed by atoms with Gasteiger partial charge in [-0.3, -0.25) is 4.79 Å². The molecule has 0 spiro atoms. The lowest BCUT2D eigenvalue weighted by molar-refractivity contribution is 0.0508. The smallest absolute Gasteiger partial charge is 0.259 e. The zero-order chi connectivity index (χ0) is 24.0. The van der Waals surface area contributed by atoms with Crippen LogP contribution < -0.4 is 4.74 Å². The monoisotopic (exact) mass is 474 g/mol. The molecular formula is C27H27FN4O3. The summed E-state index contributed by atoms with van der Waals surface area (Å²) in [6.07, 6.45) is 7.39. The maximum Gasteiger partial charge on any atom is 0.259 e. The lowest BCUT2D eigenvalue weighted by Gasteiger charge is -2.25. The van der Waals surface area contributed by atoms with Crippen LogP contribution in [0.1, 0.15) is 34.3 Å². The standard InChI is InChI=1S/C27H27FN4O3/c28-25-10-2-1-7-21(25)11-15-35-22-8-3-6-20(16-22)18-31(19-23-9-4-14-34-23)27(33)24-17-30-32-13-5-12-29-26(24)32/h1-3,5-8,10,12-13,16-17,23H,4,9,11,14-15,18-19H2. The van der Waals surface area contributed by atoms with Crippen LogP contribution in [-0.2, 0) is 17.7 Å². The first kappa shape index (κ1) is 23.0. The van der Waals surface area contributed by atoms with Gasteiger partial charge in [0.05, 0.1) is 18.9 Å². The van der Waals surface area contributed by atoms with Gasteiger partial charge in [-0.1, -0.05) is 30.3 Å². The van der Waals surface area contributed by atoms with Crippen molar-refractivity contribution in [1.29, 1.82) is 0 Å². The topological polar surface area (TPSA) is 69.0 Å². The summed E-state index contributed by atoms with van der Waals surface area (Å²) in [6.45, 7) is 1.96. The van der Waals surface area contributed by atoms with Crippen LogP contribution in [0.3, 0.4) is 0 Å². The van der Waals surface area contributed by atoms with Crippen LogP contribution in [0, 0.1) is 5.82 Å². The molecule has 1 amide bonds. The summed E-state index contributed by atoms with van der Waals surface area (Å²) in [5.41, 5.74) is 2.55. The van der Waals surface area contributed by atoms with E-state index in [0.717, 1.165) is 25.0 Å². The number of rotatable bonds is 9. The Hall–Kier alpha value is -3.78. The Balaban J connectivity index is 1.30. The number of fused-ring (bicyclic) bond motifs is 1. The van der Waals surface area contributed by atoms with Crippen molar-refractivity contribution < 1.29 is 18.7 Å². The van der Waals surface area contributed by atoms with Crippen LogP contribution in [0.25, 0.3) is 5.65 Å². The summed E-state index contributed by atoms with van der Waals surface area (Å²) in [5.74, 6) is 0.316. The average Bonchev–Trinajstić information content (AvgIpc) is 3.55. The van der Waals surface area contributed by atoms with E-state index in [1.165, 1.54) is 6.07 Å². The van der Waals surface area contributed by atoms with E-state index < -0.39 is 0 Å². The van der Waals surface area contributed by atoms with Crippen LogP contribution in [0.4, 0.5) is 4.39 Å². The summed E-state index contributed by atoms with van der Waals surface area (Å²) in [4.78, 5) is 19.7. The van der Waals surface area contributed by atoms with Crippen molar-refractivity contribution in [2.24, 2.45) is 0 Å². The normalized spacial score (nSPS) is 15.4. The molecule has 4 aromatic rings. The van der Waals surface area contributed by atoms with Crippen molar-refractivity contribution in [1.82, 2.24) is 19.5 Å². The third-order valence-corrected chi connectivity index (χ3v) is 6.11. The van der Waals surface area contributed by atoms with Crippen LogP contribution in [-0.4, -0.2) is 51.3 Å². The number of nitrogens with zero attached hydrogens (tertiary/aromatic N) is 4. The Morgan fingerprint density at radius 1 is 1.20 bits per heavy atom. The number of ether oxygens (including phenoxy) is 2. The Labute approximate surface area is 203 Å².